The summed E-state index contributed by atoms with van der Waals surface area (Å²) in [5.41, 5.74) is 3.22. The largest absolute Gasteiger partial charge is 0.497 e. The molecule has 0 atom stereocenters. The molecule has 0 spiro atoms. The smallest absolute Gasteiger partial charge is 0.234 e. The Bertz CT molecular complexity index is 623. The highest BCUT2D eigenvalue weighted by Gasteiger charge is 2.06. The molecule has 0 fully saturated rings. The van der Waals surface area contributed by atoms with Gasteiger partial charge in [0.05, 0.1) is 12.9 Å². The van der Waals surface area contributed by atoms with Crippen molar-refractivity contribution in [3.8, 4) is 5.75 Å². The third-order valence-electron chi connectivity index (χ3n) is 3.06. The van der Waals surface area contributed by atoms with Gasteiger partial charge in [-0.05, 0) is 49.7 Å². The zero-order valence-electron chi connectivity index (χ0n) is 12.5. The highest BCUT2D eigenvalue weighted by molar-refractivity contribution is 8.00. The van der Waals surface area contributed by atoms with Crippen molar-refractivity contribution in [1.82, 2.24) is 0 Å². The highest BCUT2D eigenvalue weighted by Crippen LogP contribution is 2.23. The van der Waals surface area contributed by atoms with E-state index in [1.165, 1.54) is 11.1 Å². The molecule has 0 aromatic heterocycles. The van der Waals surface area contributed by atoms with Gasteiger partial charge < -0.3 is 10.1 Å². The van der Waals surface area contributed by atoms with E-state index in [1.807, 2.05) is 24.3 Å². The van der Waals surface area contributed by atoms with E-state index < -0.39 is 0 Å². The minimum absolute atomic E-state index is 0.00913. The van der Waals surface area contributed by atoms with E-state index >= 15 is 0 Å². The van der Waals surface area contributed by atoms with Gasteiger partial charge in [-0.2, -0.15) is 0 Å². The third kappa shape index (κ3) is 4.53. The van der Waals surface area contributed by atoms with Gasteiger partial charge in [0.2, 0.25) is 5.91 Å². The Morgan fingerprint density at radius 1 is 1.14 bits per heavy atom. The van der Waals surface area contributed by atoms with E-state index in [-0.39, 0.29) is 5.91 Å². The number of hydrogen-bond donors (Lipinski definition) is 1. The Morgan fingerprint density at radius 2 is 1.86 bits per heavy atom. The summed E-state index contributed by atoms with van der Waals surface area (Å²) in [6.45, 7) is 4.13. The number of benzene rings is 2. The van der Waals surface area contributed by atoms with Crippen LogP contribution >= 0.6 is 11.8 Å². The van der Waals surface area contributed by atoms with Crippen LogP contribution in [-0.4, -0.2) is 18.8 Å². The summed E-state index contributed by atoms with van der Waals surface area (Å²) in [7, 11) is 1.62. The summed E-state index contributed by atoms with van der Waals surface area (Å²) in [5.74, 6) is 1.17. The first-order chi connectivity index (χ1) is 10.1. The number of thioether (sulfide) groups is 1. The predicted octanol–water partition coefficient (Wildman–Crippen LogP) is 4.04. The Labute approximate surface area is 129 Å². The molecular formula is C17H19NO2S. The summed E-state index contributed by atoms with van der Waals surface area (Å²) >= 11 is 1.55. The van der Waals surface area contributed by atoms with Gasteiger partial charge in [0.25, 0.3) is 0 Å². The number of nitrogens with one attached hydrogen (secondary N) is 1. The molecule has 0 unspecified atom stereocenters. The molecule has 0 radical (unpaired) electrons. The van der Waals surface area contributed by atoms with Crippen LogP contribution in [0.15, 0.2) is 47.4 Å². The number of amides is 1. The standard InChI is InChI=1S/C17H19NO2S/c1-12-4-9-16(13(2)10-12)21-11-17(19)18-14-5-7-15(20-3)8-6-14/h4-10H,11H2,1-3H3,(H,18,19). The molecule has 0 saturated carbocycles. The Kier molecular flexibility index (Phi) is 5.28. The SMILES string of the molecule is COc1ccc(NC(=O)CSc2ccc(C)cc2C)cc1. The first kappa shape index (κ1) is 15.4. The van der Waals surface area contributed by atoms with Gasteiger partial charge in [0.1, 0.15) is 5.75 Å². The number of ether oxygens (including phenoxy) is 1. The monoisotopic (exact) mass is 301 g/mol. The van der Waals surface area contributed by atoms with E-state index in [1.54, 1.807) is 18.9 Å². The summed E-state index contributed by atoms with van der Waals surface area (Å²) < 4.78 is 5.09. The number of aryl methyl sites for hydroxylation is 2. The Morgan fingerprint density at radius 3 is 2.48 bits per heavy atom. The summed E-state index contributed by atoms with van der Waals surface area (Å²) in [6.07, 6.45) is 0. The number of anilines is 1. The molecule has 3 nitrogen and oxygen atoms in total. The van der Waals surface area contributed by atoms with Gasteiger partial charge in [-0.25, -0.2) is 0 Å². The molecule has 0 saturated heterocycles. The van der Waals surface area contributed by atoms with Crippen LogP contribution in [0.25, 0.3) is 0 Å². The van der Waals surface area contributed by atoms with E-state index in [2.05, 4.69) is 37.4 Å². The fraction of sp³-hybridized carbons (Fsp3) is 0.235. The van der Waals surface area contributed by atoms with Crippen molar-refractivity contribution >= 4 is 23.4 Å². The maximum Gasteiger partial charge on any atom is 0.234 e. The second-order valence-electron chi connectivity index (χ2n) is 4.83. The molecule has 0 aliphatic rings. The summed E-state index contributed by atoms with van der Waals surface area (Å²) in [4.78, 5) is 13.1. The van der Waals surface area contributed by atoms with Crippen molar-refractivity contribution in [2.24, 2.45) is 0 Å². The summed E-state index contributed by atoms with van der Waals surface area (Å²) in [6, 6.07) is 13.6. The van der Waals surface area contributed by atoms with Crippen molar-refractivity contribution < 1.29 is 9.53 Å². The molecule has 0 heterocycles. The lowest BCUT2D eigenvalue weighted by molar-refractivity contribution is -0.113. The number of carbonyl (C=O) groups is 1. The molecule has 0 aliphatic carbocycles. The lowest BCUT2D eigenvalue weighted by Gasteiger charge is -2.08. The second-order valence-corrected chi connectivity index (χ2v) is 5.85. The van der Waals surface area contributed by atoms with Gasteiger partial charge in [-0.15, -0.1) is 11.8 Å². The van der Waals surface area contributed by atoms with E-state index in [4.69, 9.17) is 4.74 Å². The quantitative estimate of drug-likeness (QED) is 0.847. The molecule has 2 aromatic carbocycles. The van der Waals surface area contributed by atoms with Gasteiger partial charge in [-0.3, -0.25) is 4.79 Å². The predicted molar refractivity (Wildman–Crippen MR) is 88.3 cm³/mol. The van der Waals surface area contributed by atoms with Crippen molar-refractivity contribution in [3.05, 3.63) is 53.6 Å². The molecule has 1 amide bonds. The van der Waals surface area contributed by atoms with Crippen LogP contribution < -0.4 is 10.1 Å². The highest BCUT2D eigenvalue weighted by atomic mass is 32.2. The van der Waals surface area contributed by atoms with Crippen LogP contribution in [0, 0.1) is 13.8 Å². The molecule has 21 heavy (non-hydrogen) atoms. The number of carbonyl (C=O) groups excluding carboxylic acids is 1. The van der Waals surface area contributed by atoms with E-state index in [0.29, 0.717) is 5.75 Å². The van der Waals surface area contributed by atoms with E-state index in [9.17, 15) is 4.79 Å². The Balaban J connectivity index is 1.89. The minimum atomic E-state index is -0.00913. The van der Waals surface area contributed by atoms with Crippen LogP contribution in [0.2, 0.25) is 0 Å². The molecule has 110 valence electrons. The van der Waals surface area contributed by atoms with E-state index in [0.717, 1.165) is 16.3 Å². The fourth-order valence-electron chi connectivity index (χ4n) is 1.98. The van der Waals surface area contributed by atoms with Crippen LogP contribution in [0.1, 0.15) is 11.1 Å². The van der Waals surface area contributed by atoms with Crippen molar-refractivity contribution in [3.63, 3.8) is 0 Å². The third-order valence-corrected chi connectivity index (χ3v) is 4.24. The lowest BCUT2D eigenvalue weighted by Crippen LogP contribution is -2.13. The van der Waals surface area contributed by atoms with Crippen LogP contribution in [0.4, 0.5) is 5.69 Å². The average Bonchev–Trinajstić information content (AvgIpc) is 2.47. The number of rotatable bonds is 5. The second kappa shape index (κ2) is 7.18. The molecular weight excluding hydrogens is 282 g/mol. The maximum atomic E-state index is 12.0. The normalized spacial score (nSPS) is 10.2. The van der Waals surface area contributed by atoms with Crippen molar-refractivity contribution in [2.75, 3.05) is 18.2 Å². The maximum absolute atomic E-state index is 12.0. The first-order valence-corrected chi connectivity index (χ1v) is 7.71. The zero-order valence-corrected chi connectivity index (χ0v) is 13.3. The summed E-state index contributed by atoms with van der Waals surface area (Å²) in [5, 5.41) is 2.88. The van der Waals surface area contributed by atoms with Crippen LogP contribution in [-0.2, 0) is 4.79 Å². The van der Waals surface area contributed by atoms with Crippen molar-refractivity contribution in [2.45, 2.75) is 18.7 Å². The van der Waals surface area contributed by atoms with Gasteiger partial charge in [0.15, 0.2) is 0 Å². The molecule has 0 bridgehead atoms. The average molecular weight is 301 g/mol. The molecule has 4 heteroatoms. The van der Waals surface area contributed by atoms with Crippen LogP contribution in [0.3, 0.4) is 0 Å². The number of methoxy groups -OCH3 is 1. The molecule has 2 rings (SSSR count). The molecule has 1 N–H and O–H groups in total. The fourth-order valence-corrected chi connectivity index (χ4v) is 2.79. The molecule has 0 aliphatic heterocycles. The van der Waals surface area contributed by atoms with Gasteiger partial charge in [-0.1, -0.05) is 17.7 Å². The Hall–Kier alpha value is -1.94. The zero-order chi connectivity index (χ0) is 15.2. The van der Waals surface area contributed by atoms with Crippen molar-refractivity contribution in [1.29, 1.82) is 0 Å². The lowest BCUT2D eigenvalue weighted by atomic mass is 10.2. The van der Waals surface area contributed by atoms with Crippen LogP contribution in [0.5, 0.6) is 5.75 Å². The molecule has 2 aromatic rings. The first-order valence-electron chi connectivity index (χ1n) is 6.72. The topological polar surface area (TPSA) is 38.3 Å². The van der Waals surface area contributed by atoms with Gasteiger partial charge >= 0.3 is 0 Å². The number of hydrogen-bond acceptors (Lipinski definition) is 3. The van der Waals surface area contributed by atoms with Gasteiger partial charge in [0, 0.05) is 10.6 Å². The minimum Gasteiger partial charge on any atom is -0.497 e.